The Balaban J connectivity index is 2.18. The van der Waals surface area contributed by atoms with E-state index in [0.29, 0.717) is 0 Å². The zero-order valence-corrected chi connectivity index (χ0v) is 9.88. The van der Waals surface area contributed by atoms with E-state index >= 15 is 0 Å². The molecule has 2 rings (SSSR count). The molecule has 0 spiro atoms. The monoisotopic (exact) mass is 229 g/mol. The van der Waals surface area contributed by atoms with Crippen LogP contribution in [0.5, 0.6) is 0 Å². The minimum atomic E-state index is 0.144. The lowest BCUT2D eigenvalue weighted by molar-refractivity contribution is 0.866. The number of aryl methyl sites for hydroxylation is 1. The fourth-order valence-corrected chi connectivity index (χ4v) is 1.54. The quantitative estimate of drug-likeness (QED) is 0.841. The second kappa shape index (κ2) is 4.78. The highest BCUT2D eigenvalue weighted by atomic mass is 15.1. The number of hydrogen-bond donors (Lipinski definition) is 2. The van der Waals surface area contributed by atoms with Crippen molar-refractivity contribution >= 4 is 11.8 Å². The summed E-state index contributed by atoms with van der Waals surface area (Å²) in [6.07, 6.45) is 5.26. The van der Waals surface area contributed by atoms with Gasteiger partial charge < -0.3 is 11.1 Å². The molecule has 1 atom stereocenters. The molecule has 0 radical (unpaired) electrons. The largest absolute Gasteiger partial charge is 0.368 e. The lowest BCUT2D eigenvalue weighted by Gasteiger charge is -2.16. The van der Waals surface area contributed by atoms with Gasteiger partial charge in [-0.05, 0) is 31.5 Å². The third-order valence-corrected chi connectivity index (χ3v) is 2.55. The molecular formula is C12H15N5. The Hall–Kier alpha value is -2.17. The summed E-state index contributed by atoms with van der Waals surface area (Å²) in [5.74, 6) is 1.04. The van der Waals surface area contributed by atoms with Gasteiger partial charge in [-0.3, -0.25) is 4.98 Å². The molecule has 0 amide bonds. The number of pyridine rings is 1. The van der Waals surface area contributed by atoms with Crippen LogP contribution >= 0.6 is 0 Å². The van der Waals surface area contributed by atoms with Crippen LogP contribution in [0.15, 0.2) is 30.7 Å². The molecular weight excluding hydrogens is 214 g/mol. The Labute approximate surface area is 100 Å². The molecule has 0 saturated heterocycles. The van der Waals surface area contributed by atoms with Crippen molar-refractivity contribution in [2.75, 3.05) is 11.1 Å². The van der Waals surface area contributed by atoms with Gasteiger partial charge in [-0.1, -0.05) is 0 Å². The van der Waals surface area contributed by atoms with E-state index in [0.717, 1.165) is 16.9 Å². The van der Waals surface area contributed by atoms with E-state index in [1.165, 1.54) is 0 Å². The van der Waals surface area contributed by atoms with Crippen LogP contribution in [0.25, 0.3) is 0 Å². The van der Waals surface area contributed by atoms with Crippen LogP contribution < -0.4 is 11.1 Å². The normalized spacial score (nSPS) is 12.1. The molecule has 0 aliphatic rings. The molecule has 2 heterocycles. The maximum atomic E-state index is 5.57. The maximum Gasteiger partial charge on any atom is 0.221 e. The molecule has 0 aliphatic carbocycles. The number of nitrogens with one attached hydrogen (secondary N) is 1. The second-order valence-electron chi connectivity index (χ2n) is 3.91. The van der Waals surface area contributed by atoms with Gasteiger partial charge in [-0.2, -0.15) is 4.98 Å². The van der Waals surface area contributed by atoms with E-state index in [9.17, 15) is 0 Å². The Morgan fingerprint density at radius 1 is 1.29 bits per heavy atom. The van der Waals surface area contributed by atoms with Crippen LogP contribution in [-0.4, -0.2) is 15.0 Å². The number of rotatable bonds is 3. The topological polar surface area (TPSA) is 76.7 Å². The molecule has 88 valence electrons. The first kappa shape index (κ1) is 11.3. The molecule has 5 nitrogen and oxygen atoms in total. The summed E-state index contributed by atoms with van der Waals surface area (Å²) >= 11 is 0. The second-order valence-corrected chi connectivity index (χ2v) is 3.91. The number of nitrogens with zero attached hydrogens (tertiary/aromatic N) is 3. The summed E-state index contributed by atoms with van der Waals surface area (Å²) in [7, 11) is 0. The minimum Gasteiger partial charge on any atom is -0.368 e. The SMILES string of the molecule is Cc1cnc(N)nc1NC(C)c1ccncc1. The molecule has 3 N–H and O–H groups in total. The molecule has 2 aromatic heterocycles. The molecule has 1 unspecified atom stereocenters. The van der Waals surface area contributed by atoms with Crippen molar-refractivity contribution in [2.24, 2.45) is 0 Å². The van der Waals surface area contributed by atoms with Crippen molar-refractivity contribution in [1.82, 2.24) is 15.0 Å². The summed E-state index contributed by atoms with van der Waals surface area (Å²) in [5.41, 5.74) is 7.69. The molecule has 0 aliphatic heterocycles. The summed E-state index contributed by atoms with van der Waals surface area (Å²) in [4.78, 5) is 12.1. The van der Waals surface area contributed by atoms with Crippen molar-refractivity contribution in [3.63, 3.8) is 0 Å². The number of aromatic nitrogens is 3. The number of hydrogen-bond acceptors (Lipinski definition) is 5. The molecule has 0 bridgehead atoms. The summed E-state index contributed by atoms with van der Waals surface area (Å²) in [6.45, 7) is 4.01. The summed E-state index contributed by atoms with van der Waals surface area (Å²) < 4.78 is 0. The van der Waals surface area contributed by atoms with Gasteiger partial charge in [-0.25, -0.2) is 4.98 Å². The predicted octanol–water partition coefficient (Wildman–Crippen LogP) is 1.94. The van der Waals surface area contributed by atoms with E-state index in [2.05, 4.69) is 27.2 Å². The third kappa shape index (κ3) is 2.69. The zero-order chi connectivity index (χ0) is 12.3. The Bertz CT molecular complexity index is 498. The predicted molar refractivity (Wildman–Crippen MR) is 67.5 cm³/mol. The highest BCUT2D eigenvalue weighted by Gasteiger charge is 2.08. The molecule has 0 saturated carbocycles. The lowest BCUT2D eigenvalue weighted by atomic mass is 10.1. The first-order valence-corrected chi connectivity index (χ1v) is 5.42. The Morgan fingerprint density at radius 3 is 2.71 bits per heavy atom. The van der Waals surface area contributed by atoms with Crippen molar-refractivity contribution in [1.29, 1.82) is 0 Å². The van der Waals surface area contributed by atoms with Gasteiger partial charge in [0.2, 0.25) is 5.95 Å². The van der Waals surface area contributed by atoms with E-state index < -0.39 is 0 Å². The van der Waals surface area contributed by atoms with Crippen LogP contribution in [0.2, 0.25) is 0 Å². The van der Waals surface area contributed by atoms with E-state index in [1.807, 2.05) is 19.1 Å². The fourth-order valence-electron chi connectivity index (χ4n) is 1.54. The Morgan fingerprint density at radius 2 is 2.00 bits per heavy atom. The number of nitrogen functional groups attached to an aromatic ring is 1. The van der Waals surface area contributed by atoms with Gasteiger partial charge in [0.25, 0.3) is 0 Å². The van der Waals surface area contributed by atoms with Crippen LogP contribution in [0.3, 0.4) is 0 Å². The average molecular weight is 229 g/mol. The van der Waals surface area contributed by atoms with Crippen LogP contribution in [0, 0.1) is 6.92 Å². The zero-order valence-electron chi connectivity index (χ0n) is 9.88. The van der Waals surface area contributed by atoms with Crippen LogP contribution in [-0.2, 0) is 0 Å². The molecule has 17 heavy (non-hydrogen) atoms. The van der Waals surface area contributed by atoms with Gasteiger partial charge in [0.1, 0.15) is 5.82 Å². The van der Waals surface area contributed by atoms with Gasteiger partial charge in [-0.15, -0.1) is 0 Å². The van der Waals surface area contributed by atoms with Gasteiger partial charge in [0.15, 0.2) is 0 Å². The van der Waals surface area contributed by atoms with Crippen molar-refractivity contribution in [3.8, 4) is 0 Å². The summed E-state index contributed by atoms with van der Waals surface area (Å²) in [5, 5.41) is 3.31. The minimum absolute atomic E-state index is 0.144. The van der Waals surface area contributed by atoms with Crippen LogP contribution in [0.4, 0.5) is 11.8 Å². The summed E-state index contributed by atoms with van der Waals surface area (Å²) in [6, 6.07) is 4.08. The van der Waals surface area contributed by atoms with E-state index in [-0.39, 0.29) is 12.0 Å². The molecule has 5 heteroatoms. The maximum absolute atomic E-state index is 5.57. The average Bonchev–Trinajstić information content (AvgIpc) is 2.35. The highest BCUT2D eigenvalue weighted by Crippen LogP contribution is 2.19. The van der Waals surface area contributed by atoms with Crippen molar-refractivity contribution < 1.29 is 0 Å². The lowest BCUT2D eigenvalue weighted by Crippen LogP contribution is -2.10. The molecule has 2 aromatic rings. The van der Waals surface area contributed by atoms with Crippen LogP contribution in [0.1, 0.15) is 24.1 Å². The fraction of sp³-hybridized carbons (Fsp3) is 0.250. The first-order valence-electron chi connectivity index (χ1n) is 5.42. The Kier molecular flexibility index (Phi) is 3.18. The standard InChI is InChI=1S/C12H15N5/c1-8-7-15-12(13)17-11(8)16-9(2)10-3-5-14-6-4-10/h3-7,9H,1-2H3,(H3,13,15,16,17). The van der Waals surface area contributed by atoms with Gasteiger partial charge in [0, 0.05) is 24.2 Å². The first-order chi connectivity index (χ1) is 8.16. The van der Waals surface area contributed by atoms with Gasteiger partial charge in [0.05, 0.1) is 6.04 Å². The van der Waals surface area contributed by atoms with Crippen molar-refractivity contribution in [2.45, 2.75) is 19.9 Å². The van der Waals surface area contributed by atoms with Gasteiger partial charge >= 0.3 is 0 Å². The number of nitrogens with two attached hydrogens (primary N) is 1. The van der Waals surface area contributed by atoms with E-state index in [1.54, 1.807) is 18.6 Å². The van der Waals surface area contributed by atoms with Crippen molar-refractivity contribution in [3.05, 3.63) is 41.9 Å². The number of anilines is 2. The third-order valence-electron chi connectivity index (χ3n) is 2.55. The highest BCUT2D eigenvalue weighted by molar-refractivity contribution is 5.46. The van der Waals surface area contributed by atoms with E-state index in [4.69, 9.17) is 5.73 Å². The smallest absolute Gasteiger partial charge is 0.221 e. The molecule has 0 aromatic carbocycles. The molecule has 0 fully saturated rings.